The van der Waals surface area contributed by atoms with Gasteiger partial charge >= 0.3 is 0 Å². The quantitative estimate of drug-likeness (QED) is 0.481. The molecule has 2 saturated heterocycles. The van der Waals surface area contributed by atoms with Crippen LogP contribution in [0.3, 0.4) is 0 Å². The number of piperidine rings is 1. The molecule has 0 amide bonds. The molecule has 2 heteroatoms. The topological polar surface area (TPSA) is 6.48 Å². The van der Waals surface area contributed by atoms with Crippen LogP contribution in [0.25, 0.3) is 0 Å². The summed E-state index contributed by atoms with van der Waals surface area (Å²) in [6.07, 6.45) is 12.7. The van der Waals surface area contributed by atoms with E-state index in [9.17, 15) is 0 Å². The molecule has 2 nitrogen and oxygen atoms in total. The van der Waals surface area contributed by atoms with Crippen LogP contribution in [-0.2, 0) is 0 Å². The first-order valence-electron chi connectivity index (χ1n) is 12.9. The van der Waals surface area contributed by atoms with E-state index in [0.717, 1.165) is 24.0 Å². The zero-order valence-electron chi connectivity index (χ0n) is 21.4. The van der Waals surface area contributed by atoms with Gasteiger partial charge in [-0.25, -0.2) is 0 Å². The summed E-state index contributed by atoms with van der Waals surface area (Å²) < 4.78 is 0. The molecule has 2 heterocycles. The Hall–Kier alpha value is -0.0800. The highest BCUT2D eigenvalue weighted by molar-refractivity contribution is 5.06. The fourth-order valence-electron chi connectivity index (χ4n) is 7.28. The lowest BCUT2D eigenvalue weighted by atomic mass is 9.75. The van der Waals surface area contributed by atoms with Crippen LogP contribution in [0.1, 0.15) is 120 Å². The summed E-state index contributed by atoms with van der Waals surface area (Å²) in [4.78, 5) is 5.85. The number of rotatable bonds is 5. The number of likely N-dealkylation sites (tertiary alicyclic amines) is 2. The maximum atomic E-state index is 2.97. The zero-order chi connectivity index (χ0) is 21.6. The van der Waals surface area contributed by atoms with Gasteiger partial charge in [0.05, 0.1) is 0 Å². The minimum atomic E-state index is 0.293. The molecule has 0 N–H and O–H groups in total. The van der Waals surface area contributed by atoms with Crippen LogP contribution in [0, 0.1) is 16.7 Å². The van der Waals surface area contributed by atoms with E-state index in [2.05, 4.69) is 72.1 Å². The maximum absolute atomic E-state index is 2.97. The monoisotopic (exact) mass is 404 g/mol. The molecular formula is C27H52N2. The third-order valence-electron chi connectivity index (χ3n) is 8.83. The largest absolute Gasteiger partial charge is 0.297 e. The SMILES string of the molecule is CC(CCC(C)(C)C1CC2CCCC2N1C(C)(C)C)N1CCCCC1C(C)(C)C. The highest BCUT2D eigenvalue weighted by atomic mass is 15.3. The summed E-state index contributed by atoms with van der Waals surface area (Å²) in [6, 6.07) is 3.07. The van der Waals surface area contributed by atoms with Crippen molar-refractivity contribution >= 4 is 0 Å². The summed E-state index contributed by atoms with van der Waals surface area (Å²) in [5.74, 6) is 0.961. The van der Waals surface area contributed by atoms with Gasteiger partial charge in [0.2, 0.25) is 0 Å². The van der Waals surface area contributed by atoms with E-state index in [0.29, 0.717) is 22.4 Å². The van der Waals surface area contributed by atoms with Crippen molar-refractivity contribution < 1.29 is 0 Å². The molecule has 1 aliphatic carbocycles. The molecule has 3 rings (SSSR count). The summed E-state index contributed by atoms with van der Waals surface area (Å²) >= 11 is 0. The molecule has 0 aromatic carbocycles. The third-order valence-corrected chi connectivity index (χ3v) is 8.83. The molecule has 0 aromatic heterocycles. The summed E-state index contributed by atoms with van der Waals surface area (Å²) in [5.41, 5.74) is 1.09. The molecular weight excluding hydrogens is 352 g/mol. The van der Waals surface area contributed by atoms with Crippen molar-refractivity contribution in [1.82, 2.24) is 9.80 Å². The molecule has 29 heavy (non-hydrogen) atoms. The van der Waals surface area contributed by atoms with E-state index in [1.165, 1.54) is 64.3 Å². The lowest BCUT2D eigenvalue weighted by Crippen LogP contribution is -2.54. The van der Waals surface area contributed by atoms with E-state index < -0.39 is 0 Å². The van der Waals surface area contributed by atoms with Gasteiger partial charge in [0.1, 0.15) is 0 Å². The van der Waals surface area contributed by atoms with Crippen LogP contribution in [0.5, 0.6) is 0 Å². The summed E-state index contributed by atoms with van der Waals surface area (Å²) in [7, 11) is 0. The molecule has 0 radical (unpaired) electrons. The first-order valence-corrected chi connectivity index (χ1v) is 12.9. The van der Waals surface area contributed by atoms with Crippen LogP contribution in [0.4, 0.5) is 0 Å². The van der Waals surface area contributed by atoms with Gasteiger partial charge in [0.15, 0.2) is 0 Å². The van der Waals surface area contributed by atoms with Crippen molar-refractivity contribution in [2.24, 2.45) is 16.7 Å². The van der Waals surface area contributed by atoms with Gasteiger partial charge < -0.3 is 0 Å². The second-order valence-corrected chi connectivity index (χ2v) is 13.6. The highest BCUT2D eigenvalue weighted by Gasteiger charge is 2.52. The molecule has 1 saturated carbocycles. The summed E-state index contributed by atoms with van der Waals surface area (Å²) in [6.45, 7) is 23.7. The van der Waals surface area contributed by atoms with E-state index in [4.69, 9.17) is 0 Å². The third kappa shape index (κ3) is 5.05. The molecule has 0 spiro atoms. The van der Waals surface area contributed by atoms with Gasteiger partial charge in [0.25, 0.3) is 0 Å². The molecule has 5 unspecified atom stereocenters. The normalized spacial score (nSPS) is 33.8. The van der Waals surface area contributed by atoms with Crippen LogP contribution < -0.4 is 0 Å². The second kappa shape index (κ2) is 8.45. The van der Waals surface area contributed by atoms with Crippen LogP contribution in [0.15, 0.2) is 0 Å². The van der Waals surface area contributed by atoms with Crippen molar-refractivity contribution in [3.8, 4) is 0 Å². The van der Waals surface area contributed by atoms with Crippen LogP contribution in [-0.4, -0.2) is 46.1 Å². The molecule has 3 fully saturated rings. The molecule has 5 atom stereocenters. The average molecular weight is 405 g/mol. The Labute approximate surface area is 183 Å². The van der Waals surface area contributed by atoms with Crippen LogP contribution in [0.2, 0.25) is 0 Å². The lowest BCUT2D eigenvalue weighted by molar-refractivity contribution is -0.0000604. The van der Waals surface area contributed by atoms with Crippen molar-refractivity contribution in [3.05, 3.63) is 0 Å². The van der Waals surface area contributed by atoms with Crippen molar-refractivity contribution in [2.75, 3.05) is 6.54 Å². The second-order valence-electron chi connectivity index (χ2n) is 13.6. The Kier molecular flexibility index (Phi) is 6.87. The molecule has 170 valence electrons. The smallest absolute Gasteiger partial charge is 0.0158 e. The van der Waals surface area contributed by atoms with Gasteiger partial charge in [-0.1, -0.05) is 47.5 Å². The Morgan fingerprint density at radius 2 is 1.52 bits per heavy atom. The van der Waals surface area contributed by atoms with Crippen molar-refractivity contribution in [2.45, 2.75) is 150 Å². The van der Waals surface area contributed by atoms with E-state index in [1.54, 1.807) is 0 Å². The zero-order valence-corrected chi connectivity index (χ0v) is 21.4. The molecule has 0 aromatic rings. The van der Waals surface area contributed by atoms with Gasteiger partial charge in [-0.2, -0.15) is 0 Å². The van der Waals surface area contributed by atoms with Crippen molar-refractivity contribution in [1.29, 1.82) is 0 Å². The molecule has 3 aliphatic rings. The summed E-state index contributed by atoms with van der Waals surface area (Å²) in [5, 5.41) is 0. The van der Waals surface area contributed by atoms with Gasteiger partial charge in [-0.05, 0) is 95.9 Å². The molecule has 0 bridgehead atoms. The van der Waals surface area contributed by atoms with Gasteiger partial charge in [0, 0.05) is 29.7 Å². The number of hydrogen-bond donors (Lipinski definition) is 0. The predicted molar refractivity (Wildman–Crippen MR) is 127 cm³/mol. The highest BCUT2D eigenvalue weighted by Crippen LogP contribution is 2.50. The average Bonchev–Trinajstić information content (AvgIpc) is 3.19. The number of nitrogens with zero attached hydrogens (tertiary/aromatic N) is 2. The number of fused-ring (bicyclic) bond motifs is 1. The van der Waals surface area contributed by atoms with E-state index >= 15 is 0 Å². The fourth-order valence-corrected chi connectivity index (χ4v) is 7.28. The Bertz CT molecular complexity index is 538. The van der Waals surface area contributed by atoms with E-state index in [-0.39, 0.29) is 0 Å². The minimum Gasteiger partial charge on any atom is -0.297 e. The van der Waals surface area contributed by atoms with Crippen LogP contribution >= 0.6 is 0 Å². The van der Waals surface area contributed by atoms with Gasteiger partial charge in [-0.3, -0.25) is 9.80 Å². The van der Waals surface area contributed by atoms with Gasteiger partial charge in [-0.15, -0.1) is 0 Å². The standard InChI is InChI=1S/C27H52N2/c1-20(28-18-11-10-15-23(28)25(2,3)4)16-17-27(8,9)24-19-21-13-12-14-22(21)29(24)26(5,6)7/h20-24H,10-19H2,1-9H3. The first kappa shape index (κ1) is 23.6. The lowest BCUT2D eigenvalue weighted by Gasteiger charge is -2.49. The van der Waals surface area contributed by atoms with Crippen molar-refractivity contribution in [3.63, 3.8) is 0 Å². The predicted octanol–water partition coefficient (Wildman–Crippen LogP) is 7.12. The maximum Gasteiger partial charge on any atom is 0.0158 e. The Balaban J connectivity index is 1.67. The Morgan fingerprint density at radius 3 is 2.14 bits per heavy atom. The first-order chi connectivity index (χ1) is 13.3. The van der Waals surface area contributed by atoms with E-state index in [1.807, 2.05) is 0 Å². The fraction of sp³-hybridized carbons (Fsp3) is 1.00. The minimum absolute atomic E-state index is 0.293. The Morgan fingerprint density at radius 1 is 0.828 bits per heavy atom. The number of hydrogen-bond acceptors (Lipinski definition) is 2. The molecule has 2 aliphatic heterocycles.